The van der Waals surface area contributed by atoms with E-state index in [1.165, 1.54) is 37.4 Å². The number of ether oxygens (including phenoxy) is 1. The van der Waals surface area contributed by atoms with Crippen molar-refractivity contribution in [3.05, 3.63) is 39.8 Å². The Bertz CT molecular complexity index is 1980. The van der Waals surface area contributed by atoms with E-state index in [0.29, 0.717) is 35.6 Å². The van der Waals surface area contributed by atoms with Crippen LogP contribution in [-0.4, -0.2) is 122 Å². The van der Waals surface area contributed by atoms with Gasteiger partial charge in [0.2, 0.25) is 17.7 Å². The number of carboxylic acid groups (broad SMARTS) is 1. The molecule has 1 aliphatic heterocycles. The minimum absolute atomic E-state index is 0.00941. The number of aliphatic carboxylic acids is 1. The number of rotatable bonds is 26. The molecule has 18 nitrogen and oxygen atoms in total. The first kappa shape index (κ1) is 55.6. The maximum atomic E-state index is 14.3. The van der Waals surface area contributed by atoms with Gasteiger partial charge in [0.1, 0.15) is 16.7 Å². The van der Waals surface area contributed by atoms with Gasteiger partial charge in [-0.2, -0.15) is 0 Å². The Hall–Kier alpha value is -3.72. The van der Waals surface area contributed by atoms with Crippen LogP contribution >= 0.6 is 40.7 Å². The predicted molar refractivity (Wildman–Crippen MR) is 254 cm³/mol. The first-order chi connectivity index (χ1) is 30.5. The lowest BCUT2D eigenvalue weighted by Gasteiger charge is -2.38. The molecule has 6 N–H and O–H groups in total. The van der Waals surface area contributed by atoms with Crippen LogP contribution in [-0.2, 0) is 39.7 Å². The lowest BCUT2D eigenvalue weighted by Crippen LogP contribution is -2.58. The monoisotopic (exact) mass is 986 g/mol. The Balaban J connectivity index is 1.87. The number of hydrogen-bond donors (Lipinski definition) is 6. The lowest BCUT2D eigenvalue weighted by atomic mass is 9.92. The second kappa shape index (κ2) is 26.6. The number of amides is 4. The summed E-state index contributed by atoms with van der Waals surface area (Å²) in [5, 5.41) is 20.2. The van der Waals surface area contributed by atoms with Crippen molar-refractivity contribution >= 4 is 82.0 Å². The summed E-state index contributed by atoms with van der Waals surface area (Å²) in [6.07, 6.45) is 5.12. The van der Waals surface area contributed by atoms with E-state index in [4.69, 9.17) is 9.26 Å². The average molecular weight is 987 g/mol. The average Bonchev–Trinajstić information content (AvgIpc) is 3.73. The fourth-order valence-electron chi connectivity index (χ4n) is 7.62. The number of nitrogens with zero attached hydrogens (tertiary/aromatic N) is 3. The highest BCUT2D eigenvalue weighted by molar-refractivity contribution is 8.76. The van der Waals surface area contributed by atoms with Crippen molar-refractivity contribution in [3.8, 4) is 5.75 Å². The van der Waals surface area contributed by atoms with E-state index < -0.39 is 61.7 Å². The van der Waals surface area contributed by atoms with Crippen molar-refractivity contribution in [2.75, 3.05) is 38.0 Å². The van der Waals surface area contributed by atoms with Crippen LogP contribution in [0.25, 0.3) is 0 Å². The SMILES string of the molecule is CC[C@H](C)[C@H](NC(=O)[C@H]1CCCCN1C)C(=O)N(C)[C@H](C[C@@H](OC(C)=O)c1nc(C(=O)N[C@@H](Cc2ccc(OP(=O)(O)O)c(NC(=O)CCCSSC)c2)CC(C)C(=O)O)cs1)C(C)C. The van der Waals surface area contributed by atoms with E-state index in [2.05, 4.69) is 20.9 Å². The lowest BCUT2D eigenvalue weighted by molar-refractivity contribution is -0.149. The summed E-state index contributed by atoms with van der Waals surface area (Å²) in [4.78, 5) is 106. The van der Waals surface area contributed by atoms with Gasteiger partial charge in [0.15, 0.2) is 11.9 Å². The molecule has 22 heteroatoms. The third kappa shape index (κ3) is 18.1. The summed E-state index contributed by atoms with van der Waals surface area (Å²) >= 11 is 1.08. The molecule has 2 aromatic rings. The van der Waals surface area contributed by atoms with Crippen LogP contribution in [0, 0.1) is 17.8 Å². The molecule has 0 saturated carbocycles. The normalized spacial score (nSPS) is 17.2. The van der Waals surface area contributed by atoms with Crippen molar-refractivity contribution in [3.63, 3.8) is 0 Å². The molecule has 65 heavy (non-hydrogen) atoms. The number of nitrogens with one attached hydrogen (secondary N) is 3. The molecule has 2 heterocycles. The van der Waals surface area contributed by atoms with Gasteiger partial charge in [0.25, 0.3) is 5.91 Å². The molecule has 7 atom stereocenters. The molecule has 3 rings (SSSR count). The first-order valence-corrected chi connectivity index (χ1v) is 27.0. The first-order valence-electron chi connectivity index (χ1n) is 21.8. The Morgan fingerprint density at radius 3 is 2.38 bits per heavy atom. The number of phosphoric acid groups is 1. The van der Waals surface area contributed by atoms with Gasteiger partial charge >= 0.3 is 19.8 Å². The van der Waals surface area contributed by atoms with Crippen LogP contribution in [0.5, 0.6) is 5.75 Å². The number of aromatic nitrogens is 1. The van der Waals surface area contributed by atoms with Crippen LogP contribution < -0.4 is 20.5 Å². The van der Waals surface area contributed by atoms with Crippen LogP contribution in [0.2, 0.25) is 0 Å². The highest BCUT2D eigenvalue weighted by atomic mass is 33.1. The molecule has 0 aliphatic carbocycles. The third-order valence-electron chi connectivity index (χ3n) is 11.4. The summed E-state index contributed by atoms with van der Waals surface area (Å²) in [6.45, 7) is 11.3. The van der Waals surface area contributed by atoms with Gasteiger partial charge in [-0.3, -0.25) is 43.5 Å². The number of thiazole rings is 1. The standard InChI is InChI=1S/C43H67N6O12PS3/c1-10-26(4)38(47-40(53)33-14-11-12-18-48(33)7)42(54)49(8)34(25(2)3)23-36(60-28(6)50)41-46-32(24-64-41)39(52)44-30(20-27(5)43(55)56)21-29-16-17-35(61-62(57,58)59)31(22-29)45-37(51)15-13-19-65-63-9/h16-17,22,24-27,30,33-34,36,38H,10-15,18-21,23H2,1-9H3,(H,44,52)(H,45,51)(H,47,53)(H,55,56)(H2,57,58,59)/t26-,27?,30+,33+,34+,36+,38-/m0/s1. The highest BCUT2D eigenvalue weighted by Crippen LogP contribution is 2.41. The molecule has 1 fully saturated rings. The molecule has 1 aromatic carbocycles. The predicted octanol–water partition coefficient (Wildman–Crippen LogP) is 6.29. The zero-order chi connectivity index (χ0) is 48.6. The summed E-state index contributed by atoms with van der Waals surface area (Å²) < 4.78 is 22.4. The number of carbonyl (C=O) groups excluding carboxylic acids is 5. The summed E-state index contributed by atoms with van der Waals surface area (Å²) in [7, 11) is 1.73. The van der Waals surface area contributed by atoms with Gasteiger partial charge < -0.3 is 35.2 Å². The van der Waals surface area contributed by atoms with Crippen LogP contribution in [0.15, 0.2) is 23.6 Å². The molecule has 0 radical (unpaired) electrons. The van der Waals surface area contributed by atoms with Crippen LogP contribution in [0.3, 0.4) is 0 Å². The number of likely N-dealkylation sites (tertiary alicyclic amines) is 1. The van der Waals surface area contributed by atoms with Gasteiger partial charge in [0, 0.05) is 50.0 Å². The van der Waals surface area contributed by atoms with Gasteiger partial charge in [-0.15, -0.1) is 11.3 Å². The fraction of sp³-hybridized carbons (Fsp3) is 0.651. The molecule has 1 aromatic heterocycles. The van der Waals surface area contributed by atoms with Crippen LogP contribution in [0.1, 0.15) is 120 Å². The molecular formula is C43H67N6O12PS3. The van der Waals surface area contributed by atoms with Crippen LogP contribution in [0.4, 0.5) is 5.69 Å². The number of likely N-dealkylation sites (N-methyl/N-ethyl adjacent to an activating group) is 2. The molecule has 364 valence electrons. The smallest absolute Gasteiger partial charge is 0.481 e. The molecular weight excluding hydrogens is 920 g/mol. The Labute approximate surface area is 394 Å². The molecule has 0 bridgehead atoms. The van der Waals surface area contributed by atoms with Crippen molar-refractivity contribution < 1.29 is 57.5 Å². The minimum Gasteiger partial charge on any atom is -0.481 e. The van der Waals surface area contributed by atoms with E-state index in [1.807, 2.05) is 45.9 Å². The molecule has 1 aliphatic rings. The van der Waals surface area contributed by atoms with Crippen molar-refractivity contribution in [1.82, 2.24) is 25.4 Å². The van der Waals surface area contributed by atoms with Crippen molar-refractivity contribution in [2.45, 2.75) is 130 Å². The second-order valence-electron chi connectivity index (χ2n) is 16.9. The zero-order valence-electron chi connectivity index (χ0n) is 38.7. The number of piperidine rings is 1. The topological polar surface area (TPSA) is 254 Å². The van der Waals surface area contributed by atoms with E-state index in [-0.39, 0.29) is 72.5 Å². The Morgan fingerprint density at radius 2 is 1.78 bits per heavy atom. The van der Waals surface area contributed by atoms with Gasteiger partial charge in [-0.25, -0.2) is 9.55 Å². The third-order valence-corrected chi connectivity index (χ3v) is 14.7. The highest BCUT2D eigenvalue weighted by Gasteiger charge is 2.37. The Kier molecular flexibility index (Phi) is 22.7. The fourth-order valence-corrected chi connectivity index (χ4v) is 10.2. The summed E-state index contributed by atoms with van der Waals surface area (Å²) in [5.74, 6) is -3.96. The van der Waals surface area contributed by atoms with Gasteiger partial charge in [0.05, 0.1) is 17.6 Å². The number of anilines is 1. The number of esters is 1. The van der Waals surface area contributed by atoms with E-state index >= 15 is 0 Å². The van der Waals surface area contributed by atoms with E-state index in [9.17, 15) is 48.2 Å². The zero-order valence-corrected chi connectivity index (χ0v) is 42.1. The van der Waals surface area contributed by atoms with Crippen molar-refractivity contribution in [2.24, 2.45) is 17.8 Å². The van der Waals surface area contributed by atoms with Crippen molar-refractivity contribution in [1.29, 1.82) is 0 Å². The quantitative estimate of drug-likeness (QED) is 0.0262. The molecule has 1 unspecified atom stereocenters. The van der Waals surface area contributed by atoms with Gasteiger partial charge in [-0.1, -0.05) is 75.1 Å². The number of phosphoric ester groups is 1. The molecule has 1 saturated heterocycles. The molecule has 4 amide bonds. The van der Waals surface area contributed by atoms with E-state index in [0.717, 1.165) is 30.7 Å². The largest absolute Gasteiger partial charge is 0.524 e. The summed E-state index contributed by atoms with van der Waals surface area (Å²) in [5.41, 5.74) is 0.457. The number of benzene rings is 1. The number of hydrogen-bond acceptors (Lipinski definition) is 14. The molecule has 0 spiro atoms. The number of carbonyl (C=O) groups is 6. The minimum atomic E-state index is -5.02. The number of carboxylic acids is 1. The van der Waals surface area contributed by atoms with Gasteiger partial charge in [-0.05, 0) is 81.5 Å². The summed E-state index contributed by atoms with van der Waals surface area (Å²) in [6, 6.07) is 1.83. The maximum absolute atomic E-state index is 14.3. The van der Waals surface area contributed by atoms with E-state index in [1.54, 1.807) is 33.5 Å². The maximum Gasteiger partial charge on any atom is 0.524 e. The Morgan fingerprint density at radius 1 is 1.08 bits per heavy atom. The second-order valence-corrected chi connectivity index (χ2v) is 21.7.